The van der Waals surface area contributed by atoms with Crippen molar-refractivity contribution < 1.29 is 0 Å². The quantitative estimate of drug-likeness (QED) is 0.882. The Kier molecular flexibility index (Phi) is 3.78. The third-order valence-corrected chi connectivity index (χ3v) is 3.29. The number of nitrogens with one attached hydrogen (secondary N) is 1. The molecule has 0 atom stereocenters. The lowest BCUT2D eigenvalue weighted by molar-refractivity contribution is 0.804. The van der Waals surface area contributed by atoms with Crippen LogP contribution in [-0.4, -0.2) is 16.1 Å². The van der Waals surface area contributed by atoms with Crippen LogP contribution in [0.1, 0.15) is 23.9 Å². The minimum Gasteiger partial charge on any atom is -0.362 e. The molecule has 2 rings (SSSR count). The highest BCUT2D eigenvalue weighted by Gasteiger charge is 2.04. The minimum absolute atomic E-state index is 0.682. The number of anilines is 1. The van der Waals surface area contributed by atoms with Crippen molar-refractivity contribution in [2.45, 2.75) is 19.9 Å². The van der Waals surface area contributed by atoms with Gasteiger partial charge in [-0.2, -0.15) is 5.26 Å². The zero-order valence-corrected chi connectivity index (χ0v) is 10.5. The molecule has 0 aromatic carbocycles. The van der Waals surface area contributed by atoms with Gasteiger partial charge in [0.2, 0.25) is 0 Å². The minimum atomic E-state index is 0.682. The second-order valence-electron chi connectivity index (χ2n) is 3.69. The first kappa shape index (κ1) is 11.7. The van der Waals surface area contributed by atoms with Crippen molar-refractivity contribution in [2.24, 2.45) is 0 Å². The van der Waals surface area contributed by atoms with Crippen LogP contribution in [0.5, 0.6) is 0 Å². The Balaban J connectivity index is 2.04. The number of thiazole rings is 1. The number of aromatic nitrogens is 2. The molecule has 1 N–H and O–H groups in total. The highest BCUT2D eigenvalue weighted by atomic mass is 32.1. The van der Waals surface area contributed by atoms with Gasteiger partial charge in [-0.25, -0.2) is 4.98 Å². The maximum absolute atomic E-state index is 8.91. The first-order chi connectivity index (χ1) is 8.33. The maximum atomic E-state index is 8.91. The van der Waals surface area contributed by atoms with E-state index in [2.05, 4.69) is 23.3 Å². The van der Waals surface area contributed by atoms with Crippen molar-refractivity contribution in [3.63, 3.8) is 0 Å². The molecule has 0 aliphatic carbocycles. The van der Waals surface area contributed by atoms with Gasteiger partial charge in [-0.15, -0.1) is 11.3 Å². The van der Waals surface area contributed by atoms with Crippen molar-refractivity contribution in [3.05, 3.63) is 35.1 Å². The molecule has 4 nitrogen and oxygen atoms in total. The number of hydrogen-bond acceptors (Lipinski definition) is 4. The first-order valence-corrected chi connectivity index (χ1v) is 6.39. The van der Waals surface area contributed by atoms with E-state index < -0.39 is 0 Å². The van der Waals surface area contributed by atoms with E-state index in [1.165, 1.54) is 0 Å². The van der Waals surface area contributed by atoms with E-state index in [1.807, 2.05) is 29.1 Å². The average Bonchev–Trinajstić information content (AvgIpc) is 2.96. The van der Waals surface area contributed by atoms with Gasteiger partial charge in [0.25, 0.3) is 0 Å². The van der Waals surface area contributed by atoms with E-state index in [1.54, 1.807) is 11.3 Å². The highest BCUT2D eigenvalue weighted by Crippen LogP contribution is 2.19. The van der Waals surface area contributed by atoms with Gasteiger partial charge in [-0.05, 0) is 18.6 Å². The smallest absolute Gasteiger partial charge is 0.182 e. The summed E-state index contributed by atoms with van der Waals surface area (Å²) in [7, 11) is 0. The summed E-state index contributed by atoms with van der Waals surface area (Å²) in [5, 5.41) is 13.1. The lowest BCUT2D eigenvalue weighted by Crippen LogP contribution is -1.98. The summed E-state index contributed by atoms with van der Waals surface area (Å²) in [6.07, 6.45) is 4.87. The van der Waals surface area contributed by atoms with Crippen LogP contribution in [-0.2, 0) is 6.54 Å². The van der Waals surface area contributed by atoms with Gasteiger partial charge in [0.1, 0.15) is 11.8 Å². The lowest BCUT2D eigenvalue weighted by atomic mass is 10.4. The third kappa shape index (κ3) is 2.86. The summed E-state index contributed by atoms with van der Waals surface area (Å²) in [5.41, 5.74) is 0.682. The average molecular weight is 246 g/mol. The lowest BCUT2D eigenvalue weighted by Gasteiger charge is -2.01. The van der Waals surface area contributed by atoms with E-state index in [4.69, 9.17) is 5.26 Å². The largest absolute Gasteiger partial charge is 0.362 e. The standard InChI is InChI=1S/C12H14N4S/c1-2-5-14-12-15-8-11(17-12)9-16-6-3-4-10(16)7-13/h3-4,6,8H,2,5,9H2,1H3,(H,14,15). The Labute approximate surface area is 105 Å². The zero-order valence-electron chi connectivity index (χ0n) is 9.68. The molecule has 0 saturated carbocycles. The Hall–Kier alpha value is -1.80. The van der Waals surface area contributed by atoms with E-state index in [0.29, 0.717) is 12.2 Å². The Morgan fingerprint density at radius 3 is 3.24 bits per heavy atom. The van der Waals surface area contributed by atoms with Gasteiger partial charge >= 0.3 is 0 Å². The van der Waals surface area contributed by atoms with Crippen LogP contribution in [0, 0.1) is 11.3 Å². The number of rotatable bonds is 5. The van der Waals surface area contributed by atoms with Gasteiger partial charge in [0.05, 0.1) is 6.54 Å². The van der Waals surface area contributed by atoms with Crippen LogP contribution in [0.15, 0.2) is 24.5 Å². The fourth-order valence-corrected chi connectivity index (χ4v) is 2.35. The van der Waals surface area contributed by atoms with Gasteiger partial charge in [-0.1, -0.05) is 6.92 Å². The Morgan fingerprint density at radius 1 is 1.59 bits per heavy atom. The predicted molar refractivity (Wildman–Crippen MR) is 69.1 cm³/mol. The monoisotopic (exact) mass is 246 g/mol. The molecule has 0 bridgehead atoms. The normalized spacial score (nSPS) is 10.1. The van der Waals surface area contributed by atoms with E-state index >= 15 is 0 Å². The van der Waals surface area contributed by atoms with Crippen LogP contribution >= 0.6 is 11.3 Å². The van der Waals surface area contributed by atoms with Crippen molar-refractivity contribution in [1.82, 2.24) is 9.55 Å². The molecule has 2 aromatic rings. The fraction of sp³-hybridized carbons (Fsp3) is 0.333. The van der Waals surface area contributed by atoms with Crippen molar-refractivity contribution in [3.8, 4) is 6.07 Å². The van der Waals surface area contributed by atoms with Crippen LogP contribution in [0.2, 0.25) is 0 Å². The topological polar surface area (TPSA) is 53.6 Å². The summed E-state index contributed by atoms with van der Waals surface area (Å²) in [6, 6.07) is 5.87. The molecular formula is C12H14N4S. The van der Waals surface area contributed by atoms with Crippen molar-refractivity contribution in [2.75, 3.05) is 11.9 Å². The molecule has 17 heavy (non-hydrogen) atoms. The molecule has 2 aromatic heterocycles. The van der Waals surface area contributed by atoms with Crippen LogP contribution in [0.25, 0.3) is 0 Å². The predicted octanol–water partition coefficient (Wildman–Crippen LogP) is 2.69. The SMILES string of the molecule is CCCNc1ncc(Cn2cccc2C#N)s1. The molecule has 0 fully saturated rings. The van der Waals surface area contributed by atoms with Crippen molar-refractivity contribution in [1.29, 1.82) is 5.26 Å². The summed E-state index contributed by atoms with van der Waals surface area (Å²) in [6.45, 7) is 3.78. The molecule has 0 unspecified atom stereocenters. The molecule has 0 aliphatic heterocycles. The van der Waals surface area contributed by atoms with Gasteiger partial charge in [-0.3, -0.25) is 0 Å². The van der Waals surface area contributed by atoms with E-state index in [9.17, 15) is 0 Å². The number of hydrogen-bond donors (Lipinski definition) is 1. The number of nitrogens with zero attached hydrogens (tertiary/aromatic N) is 3. The second-order valence-corrected chi connectivity index (χ2v) is 4.81. The molecular weight excluding hydrogens is 232 g/mol. The molecule has 0 saturated heterocycles. The first-order valence-electron chi connectivity index (χ1n) is 5.57. The van der Waals surface area contributed by atoms with Crippen LogP contribution in [0.4, 0.5) is 5.13 Å². The Bertz CT molecular complexity index is 521. The van der Waals surface area contributed by atoms with Crippen LogP contribution in [0.3, 0.4) is 0 Å². The molecule has 5 heteroatoms. The maximum Gasteiger partial charge on any atom is 0.182 e. The zero-order chi connectivity index (χ0) is 12.1. The third-order valence-electron chi connectivity index (χ3n) is 2.35. The van der Waals surface area contributed by atoms with Crippen LogP contribution < -0.4 is 5.32 Å². The second kappa shape index (κ2) is 5.51. The summed E-state index contributed by atoms with van der Waals surface area (Å²) in [4.78, 5) is 5.45. The molecule has 88 valence electrons. The van der Waals surface area contributed by atoms with Gasteiger partial charge in [0.15, 0.2) is 5.13 Å². The summed E-state index contributed by atoms with van der Waals surface area (Å²) >= 11 is 1.64. The molecule has 2 heterocycles. The number of nitriles is 1. The summed E-state index contributed by atoms with van der Waals surface area (Å²) < 4.78 is 1.93. The van der Waals surface area contributed by atoms with E-state index in [-0.39, 0.29) is 0 Å². The molecule has 0 aliphatic rings. The summed E-state index contributed by atoms with van der Waals surface area (Å²) in [5.74, 6) is 0. The highest BCUT2D eigenvalue weighted by molar-refractivity contribution is 7.15. The molecule has 0 radical (unpaired) electrons. The van der Waals surface area contributed by atoms with E-state index in [0.717, 1.165) is 23.0 Å². The molecule has 0 amide bonds. The van der Waals surface area contributed by atoms with Gasteiger partial charge < -0.3 is 9.88 Å². The van der Waals surface area contributed by atoms with Crippen molar-refractivity contribution >= 4 is 16.5 Å². The fourth-order valence-electron chi connectivity index (χ4n) is 1.52. The van der Waals surface area contributed by atoms with Gasteiger partial charge in [0, 0.05) is 23.8 Å². The Morgan fingerprint density at radius 2 is 2.47 bits per heavy atom. The molecule has 0 spiro atoms.